The van der Waals surface area contributed by atoms with Crippen molar-refractivity contribution >= 4 is 6.03 Å². The van der Waals surface area contributed by atoms with Gasteiger partial charge in [0.25, 0.3) is 0 Å². The Balaban J connectivity index is 1.53. The van der Waals surface area contributed by atoms with Crippen LogP contribution in [0.15, 0.2) is 24.5 Å². The highest BCUT2D eigenvalue weighted by Crippen LogP contribution is 2.30. The lowest BCUT2D eigenvalue weighted by molar-refractivity contribution is 0.0423. The maximum Gasteiger partial charge on any atom is 0.317 e. The first-order valence-corrected chi connectivity index (χ1v) is 8.91. The number of rotatable bonds is 2. The second-order valence-electron chi connectivity index (χ2n) is 7.24. The van der Waals surface area contributed by atoms with Crippen molar-refractivity contribution < 1.29 is 4.79 Å². The van der Waals surface area contributed by atoms with Gasteiger partial charge in [-0.2, -0.15) is 0 Å². The Morgan fingerprint density at radius 3 is 2.75 bits per heavy atom. The molecule has 2 amide bonds. The van der Waals surface area contributed by atoms with Gasteiger partial charge in [-0.05, 0) is 58.1 Å². The van der Waals surface area contributed by atoms with E-state index in [-0.39, 0.29) is 11.6 Å². The zero-order chi connectivity index (χ0) is 17.0. The second-order valence-corrected chi connectivity index (χ2v) is 7.24. The molecule has 3 rings (SSSR count). The van der Waals surface area contributed by atoms with Crippen molar-refractivity contribution in [1.82, 2.24) is 25.0 Å². The average Bonchev–Trinajstić information content (AvgIpc) is 2.73. The third-order valence-corrected chi connectivity index (χ3v) is 5.56. The van der Waals surface area contributed by atoms with E-state index in [2.05, 4.69) is 34.2 Å². The van der Waals surface area contributed by atoms with E-state index >= 15 is 0 Å². The number of likely N-dealkylation sites (N-methyl/N-ethyl adjacent to an activating group) is 2. The third-order valence-electron chi connectivity index (χ3n) is 5.56. The largest absolute Gasteiger partial charge is 0.334 e. The van der Waals surface area contributed by atoms with E-state index in [0.717, 1.165) is 44.6 Å². The van der Waals surface area contributed by atoms with Gasteiger partial charge in [-0.3, -0.25) is 9.88 Å². The van der Waals surface area contributed by atoms with Crippen LogP contribution < -0.4 is 5.32 Å². The van der Waals surface area contributed by atoms with Gasteiger partial charge in [0.05, 0.1) is 0 Å². The summed E-state index contributed by atoms with van der Waals surface area (Å²) in [4.78, 5) is 23.4. The molecule has 2 aliphatic rings. The molecule has 0 radical (unpaired) electrons. The van der Waals surface area contributed by atoms with Crippen molar-refractivity contribution in [1.29, 1.82) is 0 Å². The predicted molar refractivity (Wildman–Crippen MR) is 94.8 cm³/mol. The lowest BCUT2D eigenvalue weighted by Gasteiger charge is -2.47. The van der Waals surface area contributed by atoms with Gasteiger partial charge in [0.1, 0.15) is 0 Å². The summed E-state index contributed by atoms with van der Waals surface area (Å²) < 4.78 is 0. The van der Waals surface area contributed by atoms with Crippen molar-refractivity contribution in [2.24, 2.45) is 0 Å². The summed E-state index contributed by atoms with van der Waals surface area (Å²) in [5.41, 5.74) is 1.26. The zero-order valence-corrected chi connectivity index (χ0v) is 14.9. The number of urea groups is 1. The number of nitrogens with one attached hydrogen (secondary N) is 1. The summed E-state index contributed by atoms with van der Waals surface area (Å²) in [6, 6.07) is 3.91. The number of carbonyl (C=O) groups is 1. The van der Waals surface area contributed by atoms with Gasteiger partial charge in [0.2, 0.25) is 0 Å². The molecule has 2 aliphatic heterocycles. The van der Waals surface area contributed by atoms with Crippen LogP contribution in [-0.4, -0.2) is 78.1 Å². The molecule has 1 spiro atoms. The average molecular weight is 331 g/mol. The van der Waals surface area contributed by atoms with Crippen LogP contribution in [0.2, 0.25) is 0 Å². The Bertz CT molecular complexity index is 542. The molecule has 0 aliphatic carbocycles. The second kappa shape index (κ2) is 7.49. The Kier molecular flexibility index (Phi) is 5.36. The highest BCUT2D eigenvalue weighted by Gasteiger charge is 2.40. The molecule has 2 fully saturated rings. The SMILES string of the molecule is CN1CCCN(C)C2(CCN(C(=O)NCc3cccnc3)CC2)C1. The molecule has 3 heterocycles. The molecular formula is C18H29N5O. The summed E-state index contributed by atoms with van der Waals surface area (Å²) in [5.74, 6) is 0. The lowest BCUT2D eigenvalue weighted by Crippen LogP contribution is -2.59. The highest BCUT2D eigenvalue weighted by atomic mass is 16.2. The fraction of sp³-hybridized carbons (Fsp3) is 0.667. The van der Waals surface area contributed by atoms with Gasteiger partial charge in [-0.25, -0.2) is 4.79 Å². The monoisotopic (exact) mass is 331 g/mol. The summed E-state index contributed by atoms with van der Waals surface area (Å²) in [6.45, 7) is 5.62. The van der Waals surface area contributed by atoms with Gasteiger partial charge < -0.3 is 15.1 Å². The first kappa shape index (κ1) is 17.2. The van der Waals surface area contributed by atoms with E-state index in [1.54, 1.807) is 12.4 Å². The van der Waals surface area contributed by atoms with Crippen LogP contribution in [0.25, 0.3) is 0 Å². The van der Waals surface area contributed by atoms with Crippen LogP contribution in [0, 0.1) is 0 Å². The molecule has 1 aromatic heterocycles. The van der Waals surface area contributed by atoms with E-state index in [1.165, 1.54) is 13.0 Å². The van der Waals surface area contributed by atoms with Crippen molar-refractivity contribution in [3.63, 3.8) is 0 Å². The van der Waals surface area contributed by atoms with Gasteiger partial charge in [0.15, 0.2) is 0 Å². The number of nitrogens with zero attached hydrogens (tertiary/aromatic N) is 4. The molecule has 0 atom stereocenters. The zero-order valence-electron chi connectivity index (χ0n) is 14.9. The number of piperidine rings is 1. The van der Waals surface area contributed by atoms with E-state index in [9.17, 15) is 4.79 Å². The van der Waals surface area contributed by atoms with Gasteiger partial charge >= 0.3 is 6.03 Å². The summed E-state index contributed by atoms with van der Waals surface area (Å²) in [7, 11) is 4.46. The number of amides is 2. The normalized spacial score (nSPS) is 22.3. The van der Waals surface area contributed by atoms with Gasteiger partial charge in [-0.1, -0.05) is 6.07 Å². The van der Waals surface area contributed by atoms with Gasteiger partial charge in [0, 0.05) is 44.1 Å². The first-order chi connectivity index (χ1) is 11.6. The Hall–Kier alpha value is -1.66. The molecule has 0 bridgehead atoms. The first-order valence-electron chi connectivity index (χ1n) is 8.91. The molecular weight excluding hydrogens is 302 g/mol. The number of hydrogen-bond acceptors (Lipinski definition) is 4. The van der Waals surface area contributed by atoms with Crippen molar-refractivity contribution in [2.45, 2.75) is 31.3 Å². The van der Waals surface area contributed by atoms with Crippen molar-refractivity contribution in [2.75, 3.05) is 46.8 Å². The lowest BCUT2D eigenvalue weighted by atomic mass is 9.85. The fourth-order valence-electron chi connectivity index (χ4n) is 3.98. The number of pyridine rings is 1. The smallest absolute Gasteiger partial charge is 0.317 e. The van der Waals surface area contributed by atoms with E-state index in [0.29, 0.717) is 6.54 Å². The maximum absolute atomic E-state index is 12.4. The molecule has 6 nitrogen and oxygen atoms in total. The predicted octanol–water partition coefficient (Wildman–Crippen LogP) is 1.39. The van der Waals surface area contributed by atoms with E-state index < -0.39 is 0 Å². The molecule has 0 unspecified atom stereocenters. The Morgan fingerprint density at radius 1 is 1.25 bits per heavy atom. The minimum atomic E-state index is 0.0401. The van der Waals surface area contributed by atoms with Gasteiger partial charge in [-0.15, -0.1) is 0 Å². The highest BCUT2D eigenvalue weighted by molar-refractivity contribution is 5.74. The van der Waals surface area contributed by atoms with Crippen molar-refractivity contribution in [3.05, 3.63) is 30.1 Å². The van der Waals surface area contributed by atoms with Crippen LogP contribution in [-0.2, 0) is 6.54 Å². The topological polar surface area (TPSA) is 51.7 Å². The Morgan fingerprint density at radius 2 is 2.04 bits per heavy atom. The summed E-state index contributed by atoms with van der Waals surface area (Å²) >= 11 is 0. The number of likely N-dealkylation sites (tertiary alicyclic amines) is 1. The summed E-state index contributed by atoms with van der Waals surface area (Å²) in [6.07, 6.45) is 6.86. The maximum atomic E-state index is 12.4. The quantitative estimate of drug-likeness (QED) is 0.890. The molecule has 2 saturated heterocycles. The standard InChI is InChI=1S/C18H29N5O/c1-21-9-4-10-22(2)18(15-21)6-11-23(12-7-18)17(24)20-14-16-5-3-8-19-13-16/h3,5,8,13H,4,6-7,9-12,14-15H2,1-2H3,(H,20,24). The van der Waals surface area contributed by atoms with Crippen LogP contribution in [0.4, 0.5) is 4.79 Å². The molecule has 6 heteroatoms. The Labute approximate surface area is 144 Å². The van der Waals surface area contributed by atoms with Crippen LogP contribution >= 0.6 is 0 Å². The van der Waals surface area contributed by atoms with Crippen LogP contribution in [0.5, 0.6) is 0 Å². The molecule has 0 saturated carbocycles. The minimum Gasteiger partial charge on any atom is -0.334 e. The summed E-state index contributed by atoms with van der Waals surface area (Å²) in [5, 5.41) is 3.02. The molecule has 132 valence electrons. The fourth-order valence-corrected chi connectivity index (χ4v) is 3.98. The molecule has 24 heavy (non-hydrogen) atoms. The van der Waals surface area contributed by atoms with Crippen LogP contribution in [0.3, 0.4) is 0 Å². The van der Waals surface area contributed by atoms with E-state index in [4.69, 9.17) is 0 Å². The molecule has 0 aromatic carbocycles. The van der Waals surface area contributed by atoms with Crippen molar-refractivity contribution in [3.8, 4) is 0 Å². The number of carbonyl (C=O) groups excluding carboxylic acids is 1. The minimum absolute atomic E-state index is 0.0401. The third kappa shape index (κ3) is 3.87. The number of aromatic nitrogens is 1. The van der Waals surface area contributed by atoms with Crippen LogP contribution in [0.1, 0.15) is 24.8 Å². The molecule has 1 N–H and O–H groups in total. The number of hydrogen-bond donors (Lipinski definition) is 1. The molecule has 1 aromatic rings. The van der Waals surface area contributed by atoms with E-state index in [1.807, 2.05) is 17.0 Å².